The molecule has 0 atom stereocenters. The monoisotopic (exact) mass is 339 g/mol. The molecule has 124 valence electrons. The van der Waals surface area contributed by atoms with Gasteiger partial charge in [-0.15, -0.1) is 0 Å². The van der Waals surface area contributed by atoms with Gasteiger partial charge in [-0.25, -0.2) is 21.6 Å². The van der Waals surface area contributed by atoms with Gasteiger partial charge in [-0.3, -0.25) is 0 Å². The van der Waals surface area contributed by atoms with Crippen LogP contribution in [0.4, 0.5) is 0 Å². The zero-order valence-electron chi connectivity index (χ0n) is 12.3. The van der Waals surface area contributed by atoms with Crippen molar-refractivity contribution in [3.8, 4) is 0 Å². The Bertz CT molecular complexity index is 535. The van der Waals surface area contributed by atoms with Gasteiger partial charge in [0.1, 0.15) is 9.84 Å². The Hall–Kier alpha value is -0.180. The second kappa shape index (κ2) is 6.52. The van der Waals surface area contributed by atoms with Gasteiger partial charge in [0.15, 0.2) is 0 Å². The van der Waals surface area contributed by atoms with Gasteiger partial charge in [0.05, 0.1) is 16.8 Å². The highest BCUT2D eigenvalue weighted by Crippen LogP contribution is 2.35. The largest absolute Gasteiger partial charge is 0.396 e. The van der Waals surface area contributed by atoms with Crippen LogP contribution in [0.1, 0.15) is 44.9 Å². The Kier molecular flexibility index (Phi) is 5.33. The molecule has 2 N–H and O–H groups in total. The van der Waals surface area contributed by atoms with Gasteiger partial charge in [0.2, 0.25) is 10.0 Å². The molecule has 1 aliphatic heterocycles. The molecule has 1 saturated heterocycles. The van der Waals surface area contributed by atoms with Gasteiger partial charge in [-0.1, -0.05) is 19.3 Å². The zero-order valence-corrected chi connectivity index (χ0v) is 13.9. The highest BCUT2D eigenvalue weighted by atomic mass is 32.2. The summed E-state index contributed by atoms with van der Waals surface area (Å²) >= 11 is 0. The van der Waals surface area contributed by atoms with Crippen molar-refractivity contribution >= 4 is 19.9 Å². The molecule has 0 spiro atoms. The molecule has 8 heteroatoms. The lowest BCUT2D eigenvalue weighted by molar-refractivity contribution is 0.0867. The maximum atomic E-state index is 12.3. The van der Waals surface area contributed by atoms with E-state index < -0.39 is 25.1 Å². The molecule has 0 radical (unpaired) electrons. The first-order chi connectivity index (χ1) is 9.79. The van der Waals surface area contributed by atoms with E-state index in [1.165, 1.54) is 0 Å². The summed E-state index contributed by atoms with van der Waals surface area (Å²) in [6, 6.07) is 0. The van der Waals surface area contributed by atoms with E-state index in [9.17, 15) is 21.9 Å². The summed E-state index contributed by atoms with van der Waals surface area (Å²) in [5, 5.41) is 8.98. The van der Waals surface area contributed by atoms with Crippen molar-refractivity contribution in [1.82, 2.24) is 4.72 Å². The van der Waals surface area contributed by atoms with Gasteiger partial charge >= 0.3 is 0 Å². The Morgan fingerprint density at radius 3 is 2.19 bits per heavy atom. The van der Waals surface area contributed by atoms with Crippen LogP contribution in [-0.4, -0.2) is 51.8 Å². The number of aliphatic hydroxyl groups is 1. The van der Waals surface area contributed by atoms with E-state index in [4.69, 9.17) is 0 Å². The molecule has 2 aliphatic rings. The van der Waals surface area contributed by atoms with Crippen LogP contribution in [0.15, 0.2) is 0 Å². The van der Waals surface area contributed by atoms with Gasteiger partial charge in [0.25, 0.3) is 0 Å². The summed E-state index contributed by atoms with van der Waals surface area (Å²) in [5.74, 6) is -0.104. The van der Waals surface area contributed by atoms with Crippen LogP contribution in [0, 0.1) is 5.41 Å². The average Bonchev–Trinajstić information content (AvgIpc) is 2.46. The molecule has 6 nitrogen and oxygen atoms in total. The first-order valence-electron chi connectivity index (χ1n) is 7.58. The van der Waals surface area contributed by atoms with Crippen LogP contribution in [0.3, 0.4) is 0 Å². The highest BCUT2D eigenvalue weighted by Gasteiger charge is 2.36. The molecule has 0 bridgehead atoms. The Labute approximate surface area is 127 Å². The van der Waals surface area contributed by atoms with Gasteiger partial charge in [-0.2, -0.15) is 0 Å². The van der Waals surface area contributed by atoms with Gasteiger partial charge in [-0.05, 0) is 25.7 Å². The minimum Gasteiger partial charge on any atom is -0.396 e. The van der Waals surface area contributed by atoms with Crippen LogP contribution in [-0.2, 0) is 19.9 Å². The fourth-order valence-electron chi connectivity index (χ4n) is 3.24. The minimum absolute atomic E-state index is 0.00539. The van der Waals surface area contributed by atoms with Crippen molar-refractivity contribution in [2.75, 3.05) is 24.7 Å². The summed E-state index contributed by atoms with van der Waals surface area (Å²) in [7, 11) is -6.57. The van der Waals surface area contributed by atoms with E-state index in [0.29, 0.717) is 0 Å². The maximum absolute atomic E-state index is 12.3. The number of hydrogen-bond donors (Lipinski definition) is 2. The lowest BCUT2D eigenvalue weighted by Crippen LogP contribution is -2.46. The zero-order chi connectivity index (χ0) is 15.6. The number of hydrogen-bond acceptors (Lipinski definition) is 5. The van der Waals surface area contributed by atoms with E-state index in [1.807, 2.05) is 0 Å². The van der Waals surface area contributed by atoms with Crippen molar-refractivity contribution in [3.63, 3.8) is 0 Å². The molecule has 0 amide bonds. The summed E-state index contributed by atoms with van der Waals surface area (Å²) in [5.41, 5.74) is -0.341. The molecular formula is C13H25NO5S2. The predicted octanol–water partition coefficient (Wildman–Crippen LogP) is 0.426. The predicted molar refractivity (Wildman–Crippen MR) is 81.2 cm³/mol. The van der Waals surface area contributed by atoms with Gasteiger partial charge < -0.3 is 5.11 Å². The number of sulfone groups is 1. The van der Waals surface area contributed by atoms with Gasteiger partial charge in [0, 0.05) is 18.6 Å². The van der Waals surface area contributed by atoms with Crippen molar-refractivity contribution in [2.45, 2.75) is 50.2 Å². The van der Waals surface area contributed by atoms with Crippen LogP contribution in [0.25, 0.3) is 0 Å². The molecule has 0 aromatic carbocycles. The number of aliphatic hydroxyl groups excluding tert-OH is 1. The molecule has 21 heavy (non-hydrogen) atoms. The molecule has 2 rings (SSSR count). The standard InChI is InChI=1S/C13H25NO5S2/c15-11-13(6-2-1-3-7-13)10-14-21(18,19)12-4-8-20(16,17)9-5-12/h12,14-15H,1-11H2. The molecule has 0 unspecified atom stereocenters. The quantitative estimate of drug-likeness (QED) is 0.756. The van der Waals surface area contributed by atoms with Crippen molar-refractivity contribution < 1.29 is 21.9 Å². The van der Waals surface area contributed by atoms with Crippen molar-refractivity contribution in [3.05, 3.63) is 0 Å². The third-order valence-electron chi connectivity index (χ3n) is 4.84. The first kappa shape index (κ1) is 17.2. The molecule has 1 saturated carbocycles. The maximum Gasteiger partial charge on any atom is 0.214 e. The van der Waals surface area contributed by atoms with Crippen molar-refractivity contribution in [1.29, 1.82) is 0 Å². The van der Waals surface area contributed by atoms with E-state index in [1.54, 1.807) is 0 Å². The molecule has 1 aliphatic carbocycles. The van der Waals surface area contributed by atoms with Crippen LogP contribution < -0.4 is 4.72 Å². The molecule has 0 aromatic heterocycles. The fourth-order valence-corrected chi connectivity index (χ4v) is 6.63. The lowest BCUT2D eigenvalue weighted by atomic mass is 9.75. The van der Waals surface area contributed by atoms with E-state index in [-0.39, 0.29) is 42.9 Å². The number of sulfonamides is 1. The molecule has 0 aromatic rings. The van der Waals surface area contributed by atoms with Crippen molar-refractivity contribution in [2.24, 2.45) is 5.41 Å². The van der Waals surface area contributed by atoms with Crippen LogP contribution >= 0.6 is 0 Å². The normalized spacial score (nSPS) is 26.5. The third-order valence-corrected chi connectivity index (χ3v) is 8.45. The van der Waals surface area contributed by atoms with E-state index >= 15 is 0 Å². The number of rotatable bonds is 5. The fraction of sp³-hybridized carbons (Fsp3) is 1.00. The van der Waals surface area contributed by atoms with E-state index in [2.05, 4.69) is 4.72 Å². The minimum atomic E-state index is -3.51. The molecule has 2 fully saturated rings. The Balaban J connectivity index is 1.95. The average molecular weight is 339 g/mol. The summed E-state index contributed by atoms with van der Waals surface area (Å²) < 4.78 is 50.0. The van der Waals surface area contributed by atoms with Crippen LogP contribution in [0.2, 0.25) is 0 Å². The lowest BCUT2D eigenvalue weighted by Gasteiger charge is -2.36. The smallest absolute Gasteiger partial charge is 0.214 e. The molecule has 1 heterocycles. The van der Waals surface area contributed by atoms with E-state index in [0.717, 1.165) is 32.1 Å². The summed E-state index contributed by atoms with van der Waals surface area (Å²) in [6.07, 6.45) is 5.19. The second-order valence-corrected chi connectivity index (χ2v) is 10.8. The topological polar surface area (TPSA) is 101 Å². The highest BCUT2D eigenvalue weighted by molar-refractivity contribution is 7.92. The SMILES string of the molecule is O=S1(=O)CCC(S(=O)(=O)NCC2(CO)CCCCC2)CC1. The second-order valence-electron chi connectivity index (χ2n) is 6.44. The Morgan fingerprint density at radius 1 is 1.10 bits per heavy atom. The number of nitrogens with one attached hydrogen (secondary N) is 1. The summed E-state index contributed by atoms with van der Waals surface area (Å²) in [4.78, 5) is 0. The Morgan fingerprint density at radius 2 is 1.67 bits per heavy atom. The summed E-state index contributed by atoms with van der Waals surface area (Å²) in [6.45, 7) is 0.254. The molecular weight excluding hydrogens is 314 g/mol. The third kappa shape index (κ3) is 4.40. The first-order valence-corrected chi connectivity index (χ1v) is 11.0. The van der Waals surface area contributed by atoms with Crippen LogP contribution in [0.5, 0.6) is 0 Å².